The van der Waals surface area contributed by atoms with Crippen LogP contribution in [0.25, 0.3) is 0 Å². The van der Waals surface area contributed by atoms with Crippen LogP contribution in [0.4, 0.5) is 0 Å². The molecule has 0 aliphatic carbocycles. The molecule has 0 aromatic heterocycles. The van der Waals surface area contributed by atoms with Crippen LogP contribution in [0.2, 0.25) is 0 Å². The first-order chi connectivity index (χ1) is 11.6. The van der Waals surface area contributed by atoms with Crippen LogP contribution in [0.5, 0.6) is 11.5 Å². The number of methoxy groups -OCH3 is 1. The minimum absolute atomic E-state index is 0.292. The summed E-state index contributed by atoms with van der Waals surface area (Å²) < 4.78 is 11.6. The molecule has 2 rings (SSSR count). The van der Waals surface area contributed by atoms with Gasteiger partial charge >= 0.3 is 0 Å². The number of nitrogens with one attached hydrogen (secondary N) is 1. The molecule has 2 aromatic carbocycles. The first-order valence-corrected chi connectivity index (χ1v) is 8.33. The average molecular weight is 391 g/mol. The molecule has 0 fully saturated rings. The van der Waals surface area contributed by atoms with Crippen LogP contribution in [0, 0.1) is 0 Å². The molecule has 0 aliphatic rings. The fourth-order valence-corrected chi connectivity index (χ4v) is 2.31. The second-order valence-corrected chi connectivity index (χ2v) is 5.87. The lowest BCUT2D eigenvalue weighted by Crippen LogP contribution is -2.17. The Morgan fingerprint density at radius 2 is 2.00 bits per heavy atom. The third-order valence-corrected chi connectivity index (χ3v) is 3.65. The molecule has 2 aromatic rings. The van der Waals surface area contributed by atoms with Crippen LogP contribution >= 0.6 is 15.9 Å². The smallest absolute Gasteiger partial charge is 0.271 e. The third-order valence-electron chi connectivity index (χ3n) is 3.16. The van der Waals surface area contributed by atoms with Crippen LogP contribution in [0.1, 0.15) is 29.3 Å². The van der Waals surface area contributed by atoms with E-state index >= 15 is 0 Å². The first kappa shape index (κ1) is 18.0. The van der Waals surface area contributed by atoms with Crippen molar-refractivity contribution in [1.82, 2.24) is 5.43 Å². The van der Waals surface area contributed by atoms with Crippen LogP contribution in [0.15, 0.2) is 52.0 Å². The van der Waals surface area contributed by atoms with E-state index in [0.29, 0.717) is 17.9 Å². The van der Waals surface area contributed by atoms with Gasteiger partial charge in [0.15, 0.2) is 0 Å². The molecule has 0 spiro atoms. The van der Waals surface area contributed by atoms with E-state index in [0.717, 1.165) is 22.2 Å². The maximum absolute atomic E-state index is 12.1. The minimum Gasteiger partial charge on any atom is -0.497 e. The maximum Gasteiger partial charge on any atom is 0.271 e. The lowest BCUT2D eigenvalue weighted by molar-refractivity contribution is 0.0955. The Hall–Kier alpha value is -2.34. The number of hydrogen-bond donors (Lipinski definition) is 1. The zero-order valence-corrected chi connectivity index (χ0v) is 15.2. The fourth-order valence-electron chi connectivity index (χ4n) is 1.93. The summed E-state index contributed by atoms with van der Waals surface area (Å²) in [7, 11) is 1.58. The summed E-state index contributed by atoms with van der Waals surface area (Å²) in [6.07, 6.45) is 2.48. The van der Waals surface area contributed by atoms with Crippen molar-refractivity contribution in [3.8, 4) is 11.5 Å². The first-order valence-electron chi connectivity index (χ1n) is 7.54. The molecule has 1 amide bonds. The van der Waals surface area contributed by atoms with E-state index in [-0.39, 0.29) is 5.91 Å². The van der Waals surface area contributed by atoms with Gasteiger partial charge < -0.3 is 9.47 Å². The summed E-state index contributed by atoms with van der Waals surface area (Å²) in [4.78, 5) is 12.1. The molecule has 0 unspecified atom stereocenters. The average Bonchev–Trinajstić information content (AvgIpc) is 2.61. The highest BCUT2D eigenvalue weighted by atomic mass is 79.9. The predicted octanol–water partition coefficient (Wildman–Crippen LogP) is 4.01. The van der Waals surface area contributed by atoms with E-state index in [1.807, 2.05) is 25.1 Å². The van der Waals surface area contributed by atoms with Gasteiger partial charge in [0.05, 0.1) is 19.9 Å². The molecule has 1 N–H and O–H groups in total. The fraction of sp³-hybridized carbons (Fsp3) is 0.222. The van der Waals surface area contributed by atoms with Crippen molar-refractivity contribution < 1.29 is 14.3 Å². The van der Waals surface area contributed by atoms with Crippen molar-refractivity contribution in [2.45, 2.75) is 13.3 Å². The highest BCUT2D eigenvalue weighted by Crippen LogP contribution is 2.22. The van der Waals surface area contributed by atoms with Crippen LogP contribution in [-0.2, 0) is 0 Å². The Balaban J connectivity index is 2.04. The summed E-state index contributed by atoms with van der Waals surface area (Å²) in [5.74, 6) is 1.13. The molecule has 0 atom stereocenters. The number of carbonyl (C=O) groups excluding carboxylic acids is 1. The van der Waals surface area contributed by atoms with Gasteiger partial charge in [0.25, 0.3) is 5.91 Å². The molecule has 0 bridgehead atoms. The summed E-state index contributed by atoms with van der Waals surface area (Å²) in [5.41, 5.74) is 3.80. The largest absolute Gasteiger partial charge is 0.497 e. The van der Waals surface area contributed by atoms with Crippen molar-refractivity contribution >= 4 is 28.1 Å². The van der Waals surface area contributed by atoms with E-state index in [4.69, 9.17) is 9.47 Å². The molecule has 0 aliphatic heterocycles. The van der Waals surface area contributed by atoms with Crippen LogP contribution < -0.4 is 14.9 Å². The molecule has 5 nitrogen and oxygen atoms in total. The number of benzene rings is 2. The Morgan fingerprint density at radius 3 is 2.67 bits per heavy atom. The summed E-state index contributed by atoms with van der Waals surface area (Å²) in [6, 6.07) is 12.5. The Bertz CT molecular complexity index is 715. The zero-order valence-electron chi connectivity index (χ0n) is 13.6. The Kier molecular flexibility index (Phi) is 6.81. The maximum atomic E-state index is 12.1. The Labute approximate surface area is 149 Å². The van der Waals surface area contributed by atoms with Gasteiger partial charge in [0.2, 0.25) is 0 Å². The molecule has 0 radical (unpaired) electrons. The highest BCUT2D eigenvalue weighted by molar-refractivity contribution is 9.10. The molecule has 0 saturated heterocycles. The van der Waals surface area contributed by atoms with Gasteiger partial charge in [-0.15, -0.1) is 0 Å². The molecule has 6 heteroatoms. The standard InChI is InChI=1S/C18H19BrN2O3/c1-3-10-24-17-9-6-15(19)11-14(17)12-20-21-18(22)13-4-7-16(23-2)8-5-13/h4-9,11-12H,3,10H2,1-2H3,(H,21,22)/b20-12-. The zero-order chi connectivity index (χ0) is 17.4. The molecule has 0 saturated carbocycles. The van der Waals surface area contributed by atoms with Gasteiger partial charge in [0, 0.05) is 15.6 Å². The van der Waals surface area contributed by atoms with E-state index in [9.17, 15) is 4.79 Å². The number of hydrogen-bond acceptors (Lipinski definition) is 4. The Morgan fingerprint density at radius 1 is 1.25 bits per heavy atom. The van der Waals surface area contributed by atoms with E-state index in [1.54, 1.807) is 37.6 Å². The lowest BCUT2D eigenvalue weighted by Gasteiger charge is -2.08. The van der Waals surface area contributed by atoms with Crippen LogP contribution in [-0.4, -0.2) is 25.8 Å². The predicted molar refractivity (Wildman–Crippen MR) is 98.0 cm³/mol. The van der Waals surface area contributed by atoms with Gasteiger partial charge in [-0.05, 0) is 48.9 Å². The van der Waals surface area contributed by atoms with Gasteiger partial charge in [0.1, 0.15) is 11.5 Å². The quantitative estimate of drug-likeness (QED) is 0.573. The normalized spacial score (nSPS) is 10.6. The molecule has 0 heterocycles. The van der Waals surface area contributed by atoms with Crippen molar-refractivity contribution in [2.24, 2.45) is 5.10 Å². The van der Waals surface area contributed by atoms with Crippen molar-refractivity contribution in [2.75, 3.05) is 13.7 Å². The van der Waals surface area contributed by atoms with E-state index in [1.165, 1.54) is 0 Å². The van der Waals surface area contributed by atoms with Gasteiger partial charge in [-0.25, -0.2) is 5.43 Å². The second-order valence-electron chi connectivity index (χ2n) is 4.96. The summed E-state index contributed by atoms with van der Waals surface area (Å²) in [5, 5.41) is 4.01. The third kappa shape index (κ3) is 5.09. The van der Waals surface area contributed by atoms with E-state index in [2.05, 4.69) is 26.5 Å². The topological polar surface area (TPSA) is 59.9 Å². The molecular weight excluding hydrogens is 372 g/mol. The SMILES string of the molecule is CCCOc1ccc(Br)cc1/C=N\NC(=O)c1ccc(OC)cc1. The number of halogens is 1. The van der Waals surface area contributed by atoms with E-state index < -0.39 is 0 Å². The van der Waals surface area contributed by atoms with Gasteiger partial charge in [-0.3, -0.25) is 4.79 Å². The summed E-state index contributed by atoms with van der Waals surface area (Å²) >= 11 is 3.42. The molecular formula is C18H19BrN2O3. The van der Waals surface area contributed by atoms with Gasteiger partial charge in [-0.1, -0.05) is 22.9 Å². The number of rotatable bonds is 7. The number of ether oxygens (including phenoxy) is 2. The van der Waals surface area contributed by atoms with Crippen molar-refractivity contribution in [1.29, 1.82) is 0 Å². The number of carbonyl (C=O) groups is 1. The molecule has 126 valence electrons. The van der Waals surface area contributed by atoms with Crippen molar-refractivity contribution in [3.63, 3.8) is 0 Å². The number of hydrazone groups is 1. The second kappa shape index (κ2) is 9.08. The summed E-state index contributed by atoms with van der Waals surface area (Å²) in [6.45, 7) is 2.67. The molecule has 24 heavy (non-hydrogen) atoms. The monoisotopic (exact) mass is 390 g/mol. The van der Waals surface area contributed by atoms with Gasteiger partial charge in [-0.2, -0.15) is 5.10 Å². The highest BCUT2D eigenvalue weighted by Gasteiger charge is 2.05. The van der Waals surface area contributed by atoms with Crippen molar-refractivity contribution in [3.05, 3.63) is 58.1 Å². The lowest BCUT2D eigenvalue weighted by atomic mass is 10.2. The number of amides is 1. The number of nitrogens with zero attached hydrogens (tertiary/aromatic N) is 1. The van der Waals surface area contributed by atoms with Crippen LogP contribution in [0.3, 0.4) is 0 Å². The minimum atomic E-state index is -0.292.